The summed E-state index contributed by atoms with van der Waals surface area (Å²) in [4.78, 5) is 29.9. The zero-order valence-corrected chi connectivity index (χ0v) is 18.2. The van der Waals surface area contributed by atoms with Crippen molar-refractivity contribution in [2.75, 3.05) is 36.4 Å². The zero-order chi connectivity index (χ0) is 22.5. The summed E-state index contributed by atoms with van der Waals surface area (Å²) in [5, 5.41) is 3.18. The lowest BCUT2D eigenvalue weighted by molar-refractivity contribution is 0.0743. The molecule has 0 unspecified atom stereocenters. The lowest BCUT2D eigenvalue weighted by Crippen LogP contribution is -2.49. The standard InChI is InChI=1S/C22H22F2N6OS/c1-15-6-7-25-18(12-15)28-19-13-20(27-14-26-19)29-8-10-30(11-9-29)21(31)16-4-2-3-5-17(16)32-22(23)24/h2-7,12-14,22H,8-11H2,1H3,(H,25,26,27,28). The van der Waals surface area contributed by atoms with Gasteiger partial charge >= 0.3 is 0 Å². The molecule has 1 aromatic carbocycles. The second-order valence-corrected chi connectivity index (χ2v) is 8.29. The average molecular weight is 457 g/mol. The van der Waals surface area contributed by atoms with Gasteiger partial charge in [0.1, 0.15) is 23.8 Å². The lowest BCUT2D eigenvalue weighted by atomic mass is 10.2. The molecule has 10 heteroatoms. The highest BCUT2D eigenvalue weighted by Crippen LogP contribution is 2.29. The second kappa shape index (κ2) is 9.90. The number of piperazine rings is 1. The highest BCUT2D eigenvalue weighted by molar-refractivity contribution is 7.99. The molecule has 0 saturated carbocycles. The summed E-state index contributed by atoms with van der Waals surface area (Å²) in [6.45, 7) is 4.09. The first kappa shape index (κ1) is 21.9. The summed E-state index contributed by atoms with van der Waals surface area (Å²) < 4.78 is 25.7. The van der Waals surface area contributed by atoms with E-state index in [0.717, 1.165) is 11.4 Å². The number of anilines is 3. The number of hydrogen-bond acceptors (Lipinski definition) is 7. The third kappa shape index (κ3) is 5.31. The molecule has 0 aliphatic carbocycles. The number of carbonyl (C=O) groups is 1. The largest absolute Gasteiger partial charge is 0.353 e. The summed E-state index contributed by atoms with van der Waals surface area (Å²) in [5.41, 5.74) is 1.40. The number of benzene rings is 1. The normalized spacial score (nSPS) is 14.0. The van der Waals surface area contributed by atoms with Gasteiger partial charge in [-0.1, -0.05) is 23.9 Å². The Bertz CT molecular complexity index is 1090. The van der Waals surface area contributed by atoms with Crippen molar-refractivity contribution in [2.45, 2.75) is 17.6 Å². The molecular weight excluding hydrogens is 434 g/mol. The molecule has 32 heavy (non-hydrogen) atoms. The lowest BCUT2D eigenvalue weighted by Gasteiger charge is -2.35. The Morgan fingerprint density at radius 3 is 2.53 bits per heavy atom. The third-order valence-electron chi connectivity index (χ3n) is 5.05. The van der Waals surface area contributed by atoms with Crippen LogP contribution in [0.15, 0.2) is 59.9 Å². The molecule has 0 bridgehead atoms. The van der Waals surface area contributed by atoms with Crippen molar-refractivity contribution in [2.24, 2.45) is 0 Å². The molecule has 1 N–H and O–H groups in total. The summed E-state index contributed by atoms with van der Waals surface area (Å²) in [7, 11) is 0. The van der Waals surface area contributed by atoms with Crippen molar-refractivity contribution >= 4 is 35.1 Å². The molecule has 2 aromatic heterocycles. The molecule has 3 heterocycles. The number of nitrogens with one attached hydrogen (secondary N) is 1. The number of hydrogen-bond donors (Lipinski definition) is 1. The quantitative estimate of drug-likeness (QED) is 0.557. The van der Waals surface area contributed by atoms with Crippen molar-refractivity contribution in [3.05, 3.63) is 66.1 Å². The zero-order valence-electron chi connectivity index (χ0n) is 17.4. The Balaban J connectivity index is 1.40. The number of thioether (sulfide) groups is 1. The van der Waals surface area contributed by atoms with Crippen LogP contribution in [0.2, 0.25) is 0 Å². The van der Waals surface area contributed by atoms with E-state index in [4.69, 9.17) is 0 Å². The number of amides is 1. The van der Waals surface area contributed by atoms with Gasteiger partial charge in [-0.2, -0.15) is 8.78 Å². The Morgan fingerprint density at radius 2 is 1.78 bits per heavy atom. The fraction of sp³-hybridized carbons (Fsp3) is 0.273. The molecule has 0 radical (unpaired) electrons. The van der Waals surface area contributed by atoms with Crippen LogP contribution in [0.4, 0.5) is 26.2 Å². The Morgan fingerprint density at radius 1 is 1.03 bits per heavy atom. The van der Waals surface area contributed by atoms with E-state index < -0.39 is 5.76 Å². The van der Waals surface area contributed by atoms with Gasteiger partial charge in [-0.05, 0) is 36.8 Å². The van der Waals surface area contributed by atoms with Crippen LogP contribution < -0.4 is 10.2 Å². The Hall–Kier alpha value is -3.27. The number of nitrogens with zero attached hydrogens (tertiary/aromatic N) is 5. The van der Waals surface area contributed by atoms with Gasteiger partial charge in [0.2, 0.25) is 0 Å². The number of pyridine rings is 1. The van der Waals surface area contributed by atoms with Crippen molar-refractivity contribution in [3.8, 4) is 0 Å². The van der Waals surface area contributed by atoms with E-state index in [1.165, 1.54) is 6.33 Å². The molecule has 0 spiro atoms. The minimum absolute atomic E-state index is 0.232. The topological polar surface area (TPSA) is 74.2 Å². The highest BCUT2D eigenvalue weighted by atomic mass is 32.2. The Kier molecular flexibility index (Phi) is 6.79. The van der Waals surface area contributed by atoms with Crippen LogP contribution in [0.3, 0.4) is 0 Å². The molecule has 3 aromatic rings. The number of carbonyl (C=O) groups excluding carboxylic acids is 1. The van der Waals surface area contributed by atoms with Crippen LogP contribution in [0.1, 0.15) is 15.9 Å². The smallest absolute Gasteiger partial charge is 0.288 e. The summed E-state index contributed by atoms with van der Waals surface area (Å²) >= 11 is 0.398. The van der Waals surface area contributed by atoms with E-state index in [1.54, 1.807) is 35.4 Å². The maximum absolute atomic E-state index is 12.9. The summed E-state index contributed by atoms with van der Waals surface area (Å²) in [6.07, 6.45) is 3.22. The number of halogens is 2. The Labute approximate surface area is 188 Å². The van der Waals surface area contributed by atoms with E-state index in [1.807, 2.05) is 25.1 Å². The minimum Gasteiger partial charge on any atom is -0.353 e. The number of alkyl halides is 2. The van der Waals surface area contributed by atoms with Gasteiger partial charge in [0.15, 0.2) is 0 Å². The van der Waals surface area contributed by atoms with E-state index in [-0.39, 0.29) is 5.91 Å². The van der Waals surface area contributed by atoms with Crippen molar-refractivity contribution < 1.29 is 13.6 Å². The van der Waals surface area contributed by atoms with Crippen LogP contribution in [0.25, 0.3) is 0 Å². The third-order valence-corrected chi connectivity index (χ3v) is 5.84. The maximum Gasteiger partial charge on any atom is 0.288 e. The monoisotopic (exact) mass is 456 g/mol. The van der Waals surface area contributed by atoms with Crippen LogP contribution in [0, 0.1) is 6.92 Å². The van der Waals surface area contributed by atoms with Crippen LogP contribution >= 0.6 is 11.8 Å². The molecule has 166 valence electrons. The number of aromatic nitrogens is 3. The van der Waals surface area contributed by atoms with Gasteiger partial charge in [0.05, 0.1) is 5.56 Å². The molecule has 7 nitrogen and oxygen atoms in total. The van der Waals surface area contributed by atoms with E-state index in [0.29, 0.717) is 60.0 Å². The average Bonchev–Trinajstić information content (AvgIpc) is 2.79. The van der Waals surface area contributed by atoms with Gasteiger partial charge in [-0.15, -0.1) is 0 Å². The first-order valence-electron chi connectivity index (χ1n) is 10.1. The van der Waals surface area contributed by atoms with Crippen molar-refractivity contribution in [3.63, 3.8) is 0 Å². The second-order valence-electron chi connectivity index (χ2n) is 7.26. The van der Waals surface area contributed by atoms with Crippen LogP contribution in [-0.4, -0.2) is 57.7 Å². The first-order valence-corrected chi connectivity index (χ1v) is 11.0. The summed E-state index contributed by atoms with van der Waals surface area (Å²) in [6, 6.07) is 12.2. The predicted molar refractivity (Wildman–Crippen MR) is 121 cm³/mol. The van der Waals surface area contributed by atoms with Gasteiger partial charge in [-0.25, -0.2) is 15.0 Å². The van der Waals surface area contributed by atoms with Crippen molar-refractivity contribution in [1.82, 2.24) is 19.9 Å². The first-order chi connectivity index (χ1) is 15.5. The highest BCUT2D eigenvalue weighted by Gasteiger charge is 2.25. The van der Waals surface area contributed by atoms with E-state index >= 15 is 0 Å². The van der Waals surface area contributed by atoms with Crippen LogP contribution in [-0.2, 0) is 0 Å². The number of rotatable bonds is 6. The summed E-state index contributed by atoms with van der Waals surface area (Å²) in [5.74, 6) is -0.730. The van der Waals surface area contributed by atoms with E-state index in [2.05, 4.69) is 25.2 Å². The molecule has 1 fully saturated rings. The predicted octanol–water partition coefficient (Wildman–Crippen LogP) is 4.20. The van der Waals surface area contributed by atoms with Gasteiger partial charge in [0, 0.05) is 43.3 Å². The molecule has 1 aliphatic heterocycles. The molecule has 1 aliphatic rings. The van der Waals surface area contributed by atoms with Crippen molar-refractivity contribution in [1.29, 1.82) is 0 Å². The fourth-order valence-corrected chi connectivity index (χ4v) is 4.11. The molecular formula is C22H22F2N6OS. The molecule has 1 saturated heterocycles. The van der Waals surface area contributed by atoms with Gasteiger partial charge < -0.3 is 15.1 Å². The molecule has 0 atom stereocenters. The SMILES string of the molecule is Cc1ccnc(Nc2cc(N3CCN(C(=O)c4ccccc4SC(F)F)CC3)ncn2)c1. The molecule has 4 rings (SSSR count). The van der Waals surface area contributed by atoms with Gasteiger partial charge in [0.25, 0.3) is 11.7 Å². The molecule has 1 amide bonds. The fourth-order valence-electron chi connectivity index (χ4n) is 3.48. The van der Waals surface area contributed by atoms with Crippen LogP contribution in [0.5, 0.6) is 0 Å². The number of aryl methyl sites for hydroxylation is 1. The van der Waals surface area contributed by atoms with Gasteiger partial charge in [-0.3, -0.25) is 4.79 Å². The minimum atomic E-state index is -2.57. The maximum atomic E-state index is 12.9. The van der Waals surface area contributed by atoms with E-state index in [9.17, 15) is 13.6 Å².